The highest BCUT2D eigenvalue weighted by atomic mass is 16.5. The number of hydrogen-bond acceptors (Lipinski definition) is 3. The van der Waals surface area contributed by atoms with Gasteiger partial charge in [0.15, 0.2) is 0 Å². The third-order valence-electron chi connectivity index (χ3n) is 3.49. The Hall–Kier alpha value is -2.66. The van der Waals surface area contributed by atoms with Crippen molar-refractivity contribution in [2.24, 2.45) is 0 Å². The number of hydrogen-bond donors (Lipinski definition) is 3. The molecule has 0 aliphatic rings. The number of nitrogens with zero attached hydrogens (tertiary/aromatic N) is 1. The fourth-order valence-corrected chi connectivity index (χ4v) is 2.59. The number of nitrogens with one attached hydrogen (secondary N) is 1. The van der Waals surface area contributed by atoms with Gasteiger partial charge in [-0.25, -0.2) is 0 Å². The highest BCUT2D eigenvalue weighted by molar-refractivity contribution is 5.93. The van der Waals surface area contributed by atoms with Crippen LogP contribution in [0, 0.1) is 0 Å². The summed E-state index contributed by atoms with van der Waals surface area (Å²) in [6.07, 6.45) is 0. The predicted octanol–water partition coefficient (Wildman–Crippen LogP) is 1.69. The van der Waals surface area contributed by atoms with Crippen molar-refractivity contribution in [1.29, 1.82) is 0 Å². The quantitative estimate of drug-likeness (QED) is 0.387. The Morgan fingerprint density at radius 1 is 1.00 bits per heavy atom. The SMILES string of the molecule is O=C(O)CNCc1c2ccccc2[n+](O)c2ccccc12. The topological polar surface area (TPSA) is 73.4 Å². The molecule has 1 aromatic heterocycles. The van der Waals surface area contributed by atoms with E-state index in [2.05, 4.69) is 5.32 Å². The molecular formula is C16H15N2O3+. The van der Waals surface area contributed by atoms with Crippen LogP contribution in [0.15, 0.2) is 48.5 Å². The first kappa shape index (κ1) is 13.3. The fourth-order valence-electron chi connectivity index (χ4n) is 2.59. The van der Waals surface area contributed by atoms with E-state index >= 15 is 0 Å². The van der Waals surface area contributed by atoms with Crippen molar-refractivity contribution in [2.75, 3.05) is 6.54 Å². The van der Waals surface area contributed by atoms with E-state index in [0.29, 0.717) is 17.6 Å². The lowest BCUT2D eigenvalue weighted by atomic mass is 10.0. The van der Waals surface area contributed by atoms with Gasteiger partial charge in [0.2, 0.25) is 0 Å². The van der Waals surface area contributed by atoms with Crippen LogP contribution in [0.4, 0.5) is 0 Å². The molecule has 0 bridgehead atoms. The molecule has 0 saturated carbocycles. The Balaban J connectivity index is 2.22. The van der Waals surface area contributed by atoms with Crippen LogP contribution in [-0.4, -0.2) is 22.8 Å². The molecule has 106 valence electrons. The minimum atomic E-state index is -0.892. The zero-order valence-electron chi connectivity index (χ0n) is 11.3. The number of aliphatic carboxylic acids is 1. The molecule has 0 saturated heterocycles. The smallest absolute Gasteiger partial charge is 0.317 e. The molecule has 5 heteroatoms. The second-order valence-electron chi connectivity index (χ2n) is 4.82. The lowest BCUT2D eigenvalue weighted by molar-refractivity contribution is -0.864. The van der Waals surface area contributed by atoms with Crippen molar-refractivity contribution in [2.45, 2.75) is 6.54 Å². The third-order valence-corrected chi connectivity index (χ3v) is 3.49. The monoisotopic (exact) mass is 283 g/mol. The van der Waals surface area contributed by atoms with Crippen LogP contribution in [0.25, 0.3) is 21.8 Å². The molecule has 0 radical (unpaired) electrons. The van der Waals surface area contributed by atoms with Crippen molar-refractivity contribution >= 4 is 27.8 Å². The Bertz CT molecular complexity index is 773. The van der Waals surface area contributed by atoms with Gasteiger partial charge in [-0.1, -0.05) is 24.3 Å². The summed E-state index contributed by atoms with van der Waals surface area (Å²) in [6, 6.07) is 15.0. The summed E-state index contributed by atoms with van der Waals surface area (Å²) in [5, 5.41) is 23.8. The van der Waals surface area contributed by atoms with Gasteiger partial charge in [-0.2, -0.15) is 0 Å². The molecular weight excluding hydrogens is 268 g/mol. The van der Waals surface area contributed by atoms with Gasteiger partial charge in [0, 0.05) is 23.4 Å². The fraction of sp³-hybridized carbons (Fsp3) is 0.125. The number of pyridine rings is 1. The first-order valence-electron chi connectivity index (χ1n) is 6.64. The van der Waals surface area contributed by atoms with Gasteiger partial charge in [0.05, 0.1) is 17.3 Å². The molecule has 3 aromatic rings. The van der Waals surface area contributed by atoms with Crippen molar-refractivity contribution in [1.82, 2.24) is 5.32 Å². The summed E-state index contributed by atoms with van der Waals surface area (Å²) < 4.78 is 1.17. The summed E-state index contributed by atoms with van der Waals surface area (Å²) in [7, 11) is 0. The number of carboxylic acid groups (broad SMARTS) is 1. The second-order valence-corrected chi connectivity index (χ2v) is 4.82. The molecule has 0 atom stereocenters. The molecule has 21 heavy (non-hydrogen) atoms. The van der Waals surface area contributed by atoms with E-state index in [1.54, 1.807) is 0 Å². The lowest BCUT2D eigenvalue weighted by Gasteiger charge is -2.08. The molecule has 0 aliphatic heterocycles. The van der Waals surface area contributed by atoms with Crippen molar-refractivity contribution in [3.05, 3.63) is 54.1 Å². The Morgan fingerprint density at radius 3 is 2.05 bits per heavy atom. The van der Waals surface area contributed by atoms with Gasteiger partial charge >= 0.3 is 5.97 Å². The highest BCUT2D eigenvalue weighted by Crippen LogP contribution is 2.24. The molecule has 0 amide bonds. The molecule has 3 N–H and O–H groups in total. The van der Waals surface area contributed by atoms with Crippen LogP contribution >= 0.6 is 0 Å². The summed E-state index contributed by atoms with van der Waals surface area (Å²) in [5.41, 5.74) is 2.37. The van der Waals surface area contributed by atoms with Crippen LogP contribution in [-0.2, 0) is 11.3 Å². The Labute approximate surface area is 121 Å². The number of carboxylic acids is 1. The van der Waals surface area contributed by atoms with Gasteiger partial charge in [0.25, 0.3) is 11.0 Å². The van der Waals surface area contributed by atoms with Crippen molar-refractivity contribution < 1.29 is 19.8 Å². The van der Waals surface area contributed by atoms with E-state index in [9.17, 15) is 10.0 Å². The average Bonchev–Trinajstić information content (AvgIpc) is 2.50. The minimum absolute atomic E-state index is 0.101. The standard InChI is InChI=1S/C16H14N2O3/c19-16(20)10-17-9-13-11-5-1-3-7-14(11)18(21)15-8-4-2-6-12(13)15/h1-8,17H,9-10H2,(H-,19,20,21)/p+1. The average molecular weight is 283 g/mol. The maximum Gasteiger partial charge on any atom is 0.317 e. The van der Waals surface area contributed by atoms with Crippen molar-refractivity contribution in [3.8, 4) is 0 Å². The molecule has 0 fully saturated rings. The van der Waals surface area contributed by atoms with Gasteiger partial charge < -0.3 is 10.4 Å². The zero-order valence-corrected chi connectivity index (χ0v) is 11.3. The second kappa shape index (κ2) is 5.38. The van der Waals surface area contributed by atoms with E-state index < -0.39 is 5.97 Å². The molecule has 0 spiro atoms. The number of para-hydroxylation sites is 2. The Morgan fingerprint density at radius 2 is 1.52 bits per heavy atom. The van der Waals surface area contributed by atoms with Crippen LogP contribution in [0.3, 0.4) is 0 Å². The third kappa shape index (κ3) is 2.39. The number of benzene rings is 2. The summed E-state index contributed by atoms with van der Waals surface area (Å²) in [6.45, 7) is 0.324. The van der Waals surface area contributed by atoms with Crippen molar-refractivity contribution in [3.63, 3.8) is 0 Å². The number of rotatable bonds is 4. The predicted molar refractivity (Wildman–Crippen MR) is 78.2 cm³/mol. The minimum Gasteiger partial charge on any atom is -0.480 e. The molecule has 0 unspecified atom stereocenters. The maximum atomic E-state index is 10.7. The molecule has 1 heterocycles. The Kier molecular flexibility index (Phi) is 3.41. The van der Waals surface area contributed by atoms with E-state index in [1.807, 2.05) is 48.5 Å². The first-order chi connectivity index (χ1) is 10.2. The number of carbonyl (C=O) groups is 1. The lowest BCUT2D eigenvalue weighted by Crippen LogP contribution is -2.33. The highest BCUT2D eigenvalue weighted by Gasteiger charge is 2.19. The maximum absolute atomic E-state index is 10.7. The van der Waals surface area contributed by atoms with Gasteiger partial charge in [-0.3, -0.25) is 10.0 Å². The molecule has 5 nitrogen and oxygen atoms in total. The van der Waals surface area contributed by atoms with E-state index in [4.69, 9.17) is 5.11 Å². The number of aromatic nitrogens is 1. The summed E-state index contributed by atoms with van der Waals surface area (Å²) in [4.78, 5) is 10.7. The van der Waals surface area contributed by atoms with E-state index in [1.165, 1.54) is 4.73 Å². The van der Waals surface area contributed by atoms with E-state index in [0.717, 1.165) is 16.3 Å². The van der Waals surface area contributed by atoms with Crippen LogP contribution in [0.5, 0.6) is 0 Å². The number of fused-ring (bicyclic) bond motifs is 2. The van der Waals surface area contributed by atoms with Gasteiger partial charge in [-0.05, 0) is 17.7 Å². The van der Waals surface area contributed by atoms with Gasteiger partial charge in [0.1, 0.15) is 0 Å². The molecule has 0 aliphatic carbocycles. The summed E-state index contributed by atoms with van der Waals surface area (Å²) in [5.74, 6) is -0.892. The van der Waals surface area contributed by atoms with Crippen LogP contribution in [0.2, 0.25) is 0 Å². The van der Waals surface area contributed by atoms with E-state index in [-0.39, 0.29) is 6.54 Å². The van der Waals surface area contributed by atoms with Crippen LogP contribution < -0.4 is 10.0 Å². The molecule has 3 rings (SSSR count). The van der Waals surface area contributed by atoms with Gasteiger partial charge in [-0.15, -0.1) is 0 Å². The molecule has 2 aromatic carbocycles. The summed E-state index contributed by atoms with van der Waals surface area (Å²) >= 11 is 0. The first-order valence-corrected chi connectivity index (χ1v) is 6.64. The normalized spacial score (nSPS) is 11.0. The zero-order chi connectivity index (χ0) is 14.8. The van der Waals surface area contributed by atoms with Crippen LogP contribution in [0.1, 0.15) is 5.56 Å². The largest absolute Gasteiger partial charge is 0.480 e.